The van der Waals surface area contributed by atoms with Crippen molar-refractivity contribution in [2.75, 3.05) is 18.2 Å². The molecule has 0 unspecified atom stereocenters. The van der Waals surface area contributed by atoms with E-state index < -0.39 is 0 Å². The van der Waals surface area contributed by atoms with E-state index in [1.54, 1.807) is 17.8 Å². The second kappa shape index (κ2) is 7.17. The Hall–Kier alpha value is -1.72. The molecule has 0 fully saturated rings. The predicted molar refractivity (Wildman–Crippen MR) is 81.1 cm³/mol. The van der Waals surface area contributed by atoms with E-state index in [9.17, 15) is 4.79 Å². The normalized spacial score (nSPS) is 10.5. The molecule has 0 atom stereocenters. The average Bonchev–Trinajstić information content (AvgIpc) is 2.90. The van der Waals surface area contributed by atoms with Gasteiger partial charge in [-0.3, -0.25) is 4.79 Å². The summed E-state index contributed by atoms with van der Waals surface area (Å²) in [6.45, 7) is 0.121. The standard InChI is InChI=1S/C15H17NO3S/c1-20-10-13-6-7-14(19-13)15(18)16-12-4-2-11(3-5-12)8-9-17/h2-7,17H,8-10H2,1H3,(H,16,18). The van der Waals surface area contributed by atoms with E-state index in [0.29, 0.717) is 17.9 Å². The number of carbonyl (C=O) groups excluding carboxylic acids is 1. The van der Waals surface area contributed by atoms with Crippen LogP contribution in [0.4, 0.5) is 5.69 Å². The first-order chi connectivity index (χ1) is 9.72. The maximum absolute atomic E-state index is 12.0. The second-order valence-electron chi connectivity index (χ2n) is 4.32. The highest BCUT2D eigenvalue weighted by atomic mass is 32.2. The van der Waals surface area contributed by atoms with Gasteiger partial charge in [0.2, 0.25) is 0 Å². The van der Waals surface area contributed by atoms with E-state index >= 15 is 0 Å². The van der Waals surface area contributed by atoms with Gasteiger partial charge in [-0.15, -0.1) is 0 Å². The molecule has 1 aromatic heterocycles. The van der Waals surface area contributed by atoms with Crippen LogP contribution in [0, 0.1) is 0 Å². The minimum absolute atomic E-state index is 0.121. The molecule has 106 valence electrons. The number of hydrogen-bond donors (Lipinski definition) is 2. The molecule has 0 aliphatic carbocycles. The molecule has 0 spiro atoms. The number of aliphatic hydroxyl groups excluding tert-OH is 1. The maximum Gasteiger partial charge on any atom is 0.291 e. The fraction of sp³-hybridized carbons (Fsp3) is 0.267. The highest BCUT2D eigenvalue weighted by Crippen LogP contribution is 2.16. The molecule has 2 rings (SSSR count). The van der Waals surface area contributed by atoms with E-state index in [4.69, 9.17) is 9.52 Å². The number of hydrogen-bond acceptors (Lipinski definition) is 4. The van der Waals surface area contributed by atoms with E-state index in [2.05, 4.69) is 5.32 Å². The van der Waals surface area contributed by atoms with E-state index in [1.807, 2.05) is 36.6 Å². The Morgan fingerprint density at radius 2 is 2.00 bits per heavy atom. The highest BCUT2D eigenvalue weighted by Gasteiger charge is 2.11. The molecule has 0 saturated carbocycles. The van der Waals surface area contributed by atoms with Crippen LogP contribution >= 0.6 is 11.8 Å². The molecule has 2 aromatic rings. The number of anilines is 1. The van der Waals surface area contributed by atoms with Crippen LogP contribution in [0.25, 0.3) is 0 Å². The predicted octanol–water partition coefficient (Wildman–Crippen LogP) is 2.93. The van der Waals surface area contributed by atoms with Gasteiger partial charge in [0.05, 0.1) is 5.75 Å². The molecule has 4 nitrogen and oxygen atoms in total. The first-order valence-corrected chi connectivity index (χ1v) is 7.71. The Kier molecular flexibility index (Phi) is 5.26. The van der Waals surface area contributed by atoms with Crippen molar-refractivity contribution in [1.82, 2.24) is 0 Å². The molecule has 20 heavy (non-hydrogen) atoms. The summed E-state index contributed by atoms with van der Waals surface area (Å²) in [4.78, 5) is 12.0. The largest absolute Gasteiger partial charge is 0.455 e. The summed E-state index contributed by atoms with van der Waals surface area (Å²) in [5, 5.41) is 11.6. The lowest BCUT2D eigenvalue weighted by molar-refractivity contribution is 0.0995. The van der Waals surface area contributed by atoms with Crippen molar-refractivity contribution >= 4 is 23.4 Å². The Morgan fingerprint density at radius 3 is 2.65 bits per heavy atom. The monoisotopic (exact) mass is 291 g/mol. The fourth-order valence-corrected chi connectivity index (χ4v) is 2.24. The molecule has 0 bridgehead atoms. The Labute approximate surface area is 122 Å². The first kappa shape index (κ1) is 14.7. The third kappa shape index (κ3) is 3.88. The van der Waals surface area contributed by atoms with Crippen molar-refractivity contribution in [3.63, 3.8) is 0 Å². The molecule has 2 N–H and O–H groups in total. The zero-order valence-corrected chi connectivity index (χ0v) is 12.1. The van der Waals surface area contributed by atoms with Crippen LogP contribution in [0.2, 0.25) is 0 Å². The summed E-state index contributed by atoms with van der Waals surface area (Å²) in [5.74, 6) is 1.60. The van der Waals surface area contributed by atoms with Crippen LogP contribution in [0.5, 0.6) is 0 Å². The number of furan rings is 1. The smallest absolute Gasteiger partial charge is 0.291 e. The lowest BCUT2D eigenvalue weighted by atomic mass is 10.1. The van der Waals surface area contributed by atoms with Crippen molar-refractivity contribution < 1.29 is 14.3 Å². The highest BCUT2D eigenvalue weighted by molar-refractivity contribution is 7.97. The van der Waals surface area contributed by atoms with Crippen LogP contribution < -0.4 is 5.32 Å². The molecule has 1 heterocycles. The molecule has 0 aliphatic rings. The van der Waals surface area contributed by atoms with Gasteiger partial charge in [-0.25, -0.2) is 0 Å². The molecular formula is C15H17NO3S. The summed E-state index contributed by atoms with van der Waals surface area (Å²) in [6.07, 6.45) is 2.60. The Morgan fingerprint density at radius 1 is 1.25 bits per heavy atom. The number of aliphatic hydroxyl groups is 1. The van der Waals surface area contributed by atoms with Crippen LogP contribution in [-0.2, 0) is 12.2 Å². The van der Waals surface area contributed by atoms with Crippen molar-refractivity contribution in [2.45, 2.75) is 12.2 Å². The molecule has 1 amide bonds. The summed E-state index contributed by atoms with van der Waals surface area (Å²) in [7, 11) is 0. The molecule has 1 aromatic carbocycles. The van der Waals surface area contributed by atoms with E-state index in [1.165, 1.54) is 0 Å². The Balaban J connectivity index is 1.99. The van der Waals surface area contributed by atoms with Gasteiger partial charge in [-0.1, -0.05) is 12.1 Å². The maximum atomic E-state index is 12.0. The quantitative estimate of drug-likeness (QED) is 0.859. The van der Waals surface area contributed by atoms with Crippen molar-refractivity contribution in [2.24, 2.45) is 0 Å². The van der Waals surface area contributed by atoms with Gasteiger partial charge in [0.15, 0.2) is 5.76 Å². The second-order valence-corrected chi connectivity index (χ2v) is 5.19. The lowest BCUT2D eigenvalue weighted by Crippen LogP contribution is -2.10. The van der Waals surface area contributed by atoms with E-state index in [0.717, 1.165) is 17.1 Å². The number of rotatable bonds is 6. The van der Waals surface area contributed by atoms with Crippen molar-refractivity contribution in [3.05, 3.63) is 53.5 Å². The number of amides is 1. The van der Waals surface area contributed by atoms with Crippen LogP contribution in [-0.4, -0.2) is 23.9 Å². The molecule has 0 radical (unpaired) electrons. The van der Waals surface area contributed by atoms with Gasteiger partial charge in [0, 0.05) is 12.3 Å². The van der Waals surface area contributed by atoms with Crippen LogP contribution in [0.1, 0.15) is 21.9 Å². The summed E-state index contributed by atoms with van der Waals surface area (Å²) in [6, 6.07) is 10.9. The first-order valence-electron chi connectivity index (χ1n) is 6.31. The topological polar surface area (TPSA) is 62.5 Å². The molecular weight excluding hydrogens is 274 g/mol. The van der Waals surface area contributed by atoms with Gasteiger partial charge in [-0.2, -0.15) is 11.8 Å². The van der Waals surface area contributed by atoms with Crippen LogP contribution in [0.3, 0.4) is 0 Å². The third-order valence-corrected chi connectivity index (χ3v) is 3.36. The summed E-state index contributed by atoms with van der Waals surface area (Å²) in [5.41, 5.74) is 1.74. The third-order valence-electron chi connectivity index (χ3n) is 2.78. The average molecular weight is 291 g/mol. The van der Waals surface area contributed by atoms with E-state index in [-0.39, 0.29) is 12.5 Å². The number of thioether (sulfide) groups is 1. The number of nitrogens with one attached hydrogen (secondary N) is 1. The molecule has 5 heteroatoms. The van der Waals surface area contributed by atoms with Gasteiger partial charge in [0.1, 0.15) is 5.76 Å². The lowest BCUT2D eigenvalue weighted by Gasteiger charge is -2.04. The van der Waals surface area contributed by atoms with Gasteiger partial charge in [0.25, 0.3) is 5.91 Å². The summed E-state index contributed by atoms with van der Waals surface area (Å²) >= 11 is 1.64. The SMILES string of the molecule is CSCc1ccc(C(=O)Nc2ccc(CCO)cc2)o1. The number of carbonyl (C=O) groups is 1. The van der Waals surface area contributed by atoms with Crippen molar-refractivity contribution in [1.29, 1.82) is 0 Å². The zero-order chi connectivity index (χ0) is 14.4. The fourth-order valence-electron chi connectivity index (χ4n) is 1.80. The number of benzene rings is 1. The van der Waals surface area contributed by atoms with Crippen LogP contribution in [0.15, 0.2) is 40.8 Å². The molecule has 0 aliphatic heterocycles. The van der Waals surface area contributed by atoms with Gasteiger partial charge < -0.3 is 14.8 Å². The Bertz CT molecular complexity index is 563. The van der Waals surface area contributed by atoms with Crippen molar-refractivity contribution in [3.8, 4) is 0 Å². The minimum Gasteiger partial charge on any atom is -0.455 e. The minimum atomic E-state index is -0.257. The van der Waals surface area contributed by atoms with Gasteiger partial charge in [-0.05, 0) is 42.5 Å². The van der Waals surface area contributed by atoms with Gasteiger partial charge >= 0.3 is 0 Å². The zero-order valence-electron chi connectivity index (χ0n) is 11.3. The molecule has 0 saturated heterocycles. The summed E-state index contributed by atoms with van der Waals surface area (Å²) < 4.78 is 5.45.